The van der Waals surface area contributed by atoms with Gasteiger partial charge in [-0.2, -0.15) is 0 Å². The van der Waals surface area contributed by atoms with Gasteiger partial charge in [-0.3, -0.25) is 0 Å². The van der Waals surface area contributed by atoms with Crippen LogP contribution in [0.1, 0.15) is 5.56 Å². The molecule has 0 aliphatic heterocycles. The van der Waals surface area contributed by atoms with E-state index in [0.717, 1.165) is 0 Å². The standard InChI is InChI=1S/C9H12O4/c1-13-9(12,6-10)7-3-2-4-8(11)5-7/h2-5,10-12H,6H2,1H3. The molecule has 72 valence electrons. The van der Waals surface area contributed by atoms with E-state index in [9.17, 15) is 5.11 Å². The number of benzene rings is 1. The van der Waals surface area contributed by atoms with Gasteiger partial charge in [0.2, 0.25) is 5.79 Å². The Labute approximate surface area is 76.0 Å². The molecule has 0 bridgehead atoms. The number of hydrogen-bond donors (Lipinski definition) is 3. The van der Waals surface area contributed by atoms with Crippen molar-refractivity contribution in [1.29, 1.82) is 0 Å². The number of methoxy groups -OCH3 is 1. The van der Waals surface area contributed by atoms with Gasteiger partial charge in [-0.25, -0.2) is 0 Å². The first-order chi connectivity index (χ1) is 6.12. The van der Waals surface area contributed by atoms with Crippen LogP contribution in [0.25, 0.3) is 0 Å². The molecule has 1 aromatic rings. The van der Waals surface area contributed by atoms with Crippen molar-refractivity contribution in [3.8, 4) is 5.75 Å². The number of hydrogen-bond acceptors (Lipinski definition) is 4. The number of phenols is 1. The van der Waals surface area contributed by atoms with Crippen LogP contribution < -0.4 is 0 Å². The van der Waals surface area contributed by atoms with Crippen LogP contribution in [0.5, 0.6) is 5.75 Å². The van der Waals surface area contributed by atoms with E-state index in [1.54, 1.807) is 12.1 Å². The highest BCUT2D eigenvalue weighted by atomic mass is 16.6. The summed E-state index contributed by atoms with van der Waals surface area (Å²) in [6.45, 7) is -0.563. The van der Waals surface area contributed by atoms with Gasteiger partial charge in [0, 0.05) is 12.7 Å². The molecule has 4 heteroatoms. The summed E-state index contributed by atoms with van der Waals surface area (Å²) in [6, 6.07) is 5.92. The van der Waals surface area contributed by atoms with E-state index in [1.807, 2.05) is 0 Å². The summed E-state index contributed by atoms with van der Waals surface area (Å²) in [5.74, 6) is -1.72. The number of aliphatic hydroxyl groups is 2. The average molecular weight is 184 g/mol. The molecular formula is C9H12O4. The molecular weight excluding hydrogens is 172 g/mol. The lowest BCUT2D eigenvalue weighted by Gasteiger charge is -2.24. The zero-order valence-electron chi connectivity index (χ0n) is 7.27. The Morgan fingerprint density at radius 3 is 2.62 bits per heavy atom. The minimum absolute atomic E-state index is 0.0152. The van der Waals surface area contributed by atoms with Crippen molar-refractivity contribution in [2.45, 2.75) is 5.79 Å². The number of ether oxygens (including phenoxy) is 1. The third kappa shape index (κ3) is 1.98. The monoisotopic (exact) mass is 184 g/mol. The Morgan fingerprint density at radius 2 is 2.15 bits per heavy atom. The number of aliphatic hydroxyl groups excluding tert-OH is 1. The van der Waals surface area contributed by atoms with Crippen LogP contribution >= 0.6 is 0 Å². The van der Waals surface area contributed by atoms with E-state index < -0.39 is 12.4 Å². The van der Waals surface area contributed by atoms with Crippen molar-refractivity contribution in [3.05, 3.63) is 29.8 Å². The normalized spacial score (nSPS) is 15.3. The van der Waals surface area contributed by atoms with Crippen LogP contribution in [0.3, 0.4) is 0 Å². The van der Waals surface area contributed by atoms with Gasteiger partial charge >= 0.3 is 0 Å². The molecule has 0 fully saturated rings. The molecule has 13 heavy (non-hydrogen) atoms. The van der Waals surface area contributed by atoms with E-state index in [2.05, 4.69) is 0 Å². The second-order valence-electron chi connectivity index (χ2n) is 2.70. The van der Waals surface area contributed by atoms with Crippen LogP contribution in [0.15, 0.2) is 24.3 Å². The van der Waals surface area contributed by atoms with Crippen molar-refractivity contribution in [1.82, 2.24) is 0 Å². The summed E-state index contributed by atoms with van der Waals surface area (Å²) < 4.78 is 4.72. The molecule has 0 spiro atoms. The second kappa shape index (κ2) is 3.74. The zero-order chi connectivity index (χ0) is 9.90. The molecule has 1 atom stereocenters. The predicted molar refractivity (Wildman–Crippen MR) is 46.1 cm³/mol. The maximum Gasteiger partial charge on any atom is 0.216 e. The number of phenolic OH excluding ortho intramolecular Hbond substituents is 1. The molecule has 1 aromatic carbocycles. The first-order valence-corrected chi connectivity index (χ1v) is 3.80. The predicted octanol–water partition coefficient (Wildman–Crippen LogP) is 0.176. The number of rotatable bonds is 3. The fourth-order valence-corrected chi connectivity index (χ4v) is 1.02. The minimum atomic E-state index is -1.74. The smallest absolute Gasteiger partial charge is 0.216 e. The Morgan fingerprint density at radius 1 is 1.46 bits per heavy atom. The van der Waals surface area contributed by atoms with Crippen LogP contribution in [0.2, 0.25) is 0 Å². The molecule has 0 aliphatic rings. The summed E-state index contributed by atoms with van der Waals surface area (Å²) in [6.07, 6.45) is 0. The van der Waals surface area contributed by atoms with Crippen molar-refractivity contribution >= 4 is 0 Å². The largest absolute Gasteiger partial charge is 0.508 e. The van der Waals surface area contributed by atoms with Crippen molar-refractivity contribution in [2.24, 2.45) is 0 Å². The van der Waals surface area contributed by atoms with Gasteiger partial charge in [0.15, 0.2) is 0 Å². The second-order valence-corrected chi connectivity index (χ2v) is 2.70. The molecule has 0 amide bonds. The first-order valence-electron chi connectivity index (χ1n) is 3.80. The van der Waals surface area contributed by atoms with Crippen molar-refractivity contribution < 1.29 is 20.1 Å². The lowest BCUT2D eigenvalue weighted by atomic mass is 10.1. The van der Waals surface area contributed by atoms with Crippen molar-refractivity contribution in [2.75, 3.05) is 13.7 Å². The number of aromatic hydroxyl groups is 1. The van der Waals surface area contributed by atoms with Crippen LogP contribution in [-0.4, -0.2) is 29.0 Å². The van der Waals surface area contributed by atoms with Gasteiger partial charge in [0.1, 0.15) is 12.4 Å². The Balaban J connectivity index is 3.05. The highest BCUT2D eigenvalue weighted by Gasteiger charge is 2.28. The van der Waals surface area contributed by atoms with E-state index in [1.165, 1.54) is 19.2 Å². The molecule has 0 aromatic heterocycles. The molecule has 1 rings (SSSR count). The maximum absolute atomic E-state index is 9.64. The van der Waals surface area contributed by atoms with Crippen molar-refractivity contribution in [3.63, 3.8) is 0 Å². The fourth-order valence-electron chi connectivity index (χ4n) is 1.02. The van der Waals surface area contributed by atoms with Gasteiger partial charge in [-0.15, -0.1) is 0 Å². The molecule has 0 saturated heterocycles. The van der Waals surface area contributed by atoms with E-state index in [-0.39, 0.29) is 5.75 Å². The molecule has 0 heterocycles. The van der Waals surface area contributed by atoms with Gasteiger partial charge in [0.05, 0.1) is 0 Å². The summed E-state index contributed by atoms with van der Waals surface area (Å²) >= 11 is 0. The molecule has 3 N–H and O–H groups in total. The summed E-state index contributed by atoms with van der Waals surface area (Å²) in [5.41, 5.74) is 0.317. The Bertz CT molecular complexity index is 281. The van der Waals surface area contributed by atoms with Crippen LogP contribution in [0.4, 0.5) is 0 Å². The lowest BCUT2D eigenvalue weighted by molar-refractivity contribution is -0.217. The van der Waals surface area contributed by atoms with Gasteiger partial charge in [0.25, 0.3) is 0 Å². The zero-order valence-corrected chi connectivity index (χ0v) is 7.27. The van der Waals surface area contributed by atoms with Gasteiger partial charge in [-0.05, 0) is 12.1 Å². The first kappa shape index (κ1) is 9.98. The maximum atomic E-state index is 9.64. The van der Waals surface area contributed by atoms with Gasteiger partial charge in [-0.1, -0.05) is 12.1 Å². The molecule has 4 nitrogen and oxygen atoms in total. The summed E-state index contributed by atoms with van der Waals surface area (Å²) in [7, 11) is 1.28. The topological polar surface area (TPSA) is 69.9 Å². The Hall–Kier alpha value is -1.10. The molecule has 1 unspecified atom stereocenters. The molecule has 0 radical (unpaired) electrons. The van der Waals surface area contributed by atoms with E-state index in [0.29, 0.717) is 5.56 Å². The van der Waals surface area contributed by atoms with Crippen LogP contribution in [-0.2, 0) is 10.5 Å². The fraction of sp³-hybridized carbons (Fsp3) is 0.333. The van der Waals surface area contributed by atoms with E-state index >= 15 is 0 Å². The van der Waals surface area contributed by atoms with Crippen LogP contribution in [0, 0.1) is 0 Å². The summed E-state index contributed by atoms with van der Waals surface area (Å²) in [5, 5.41) is 27.6. The quantitative estimate of drug-likeness (QED) is 0.586. The summed E-state index contributed by atoms with van der Waals surface area (Å²) in [4.78, 5) is 0. The third-order valence-electron chi connectivity index (χ3n) is 1.85. The third-order valence-corrected chi connectivity index (χ3v) is 1.85. The average Bonchev–Trinajstić information content (AvgIpc) is 2.17. The highest BCUT2D eigenvalue weighted by molar-refractivity contribution is 5.30. The molecule has 0 saturated carbocycles. The minimum Gasteiger partial charge on any atom is -0.508 e. The van der Waals surface area contributed by atoms with E-state index in [4.69, 9.17) is 14.9 Å². The lowest BCUT2D eigenvalue weighted by Crippen LogP contribution is -2.32. The van der Waals surface area contributed by atoms with Gasteiger partial charge < -0.3 is 20.1 Å². The molecule has 0 aliphatic carbocycles. The Kier molecular flexibility index (Phi) is 2.87. The SMILES string of the molecule is COC(O)(CO)c1cccc(O)c1. The highest BCUT2D eigenvalue weighted by Crippen LogP contribution is 2.24.